The van der Waals surface area contributed by atoms with Crippen LogP contribution in [0.2, 0.25) is 15.1 Å². The fraction of sp³-hybridized carbons (Fsp3) is 0.462. The van der Waals surface area contributed by atoms with Crippen LogP contribution in [0.25, 0.3) is 0 Å². The molecule has 7 nitrogen and oxygen atoms in total. The van der Waals surface area contributed by atoms with Crippen LogP contribution in [-0.4, -0.2) is 50.0 Å². The van der Waals surface area contributed by atoms with Crippen molar-refractivity contribution >= 4 is 62.3 Å². The number of benzene rings is 2. The Kier molecular flexibility index (Phi) is 11.6. The number of aryl methyl sites for hydroxylation is 1. The second-order valence-corrected chi connectivity index (χ2v) is 12.3. The second-order valence-electron chi connectivity index (χ2n) is 9.13. The van der Waals surface area contributed by atoms with Gasteiger partial charge in [-0.3, -0.25) is 13.9 Å². The molecule has 0 aliphatic rings. The first-order valence-corrected chi connectivity index (χ1v) is 15.0. The molecule has 1 N–H and O–H groups in total. The summed E-state index contributed by atoms with van der Waals surface area (Å²) in [6.45, 7) is 7.56. The van der Waals surface area contributed by atoms with Gasteiger partial charge in [-0.25, -0.2) is 8.42 Å². The van der Waals surface area contributed by atoms with Gasteiger partial charge in [-0.15, -0.1) is 0 Å². The average molecular weight is 591 g/mol. The van der Waals surface area contributed by atoms with Crippen molar-refractivity contribution in [2.75, 3.05) is 17.1 Å². The van der Waals surface area contributed by atoms with Crippen molar-refractivity contribution in [2.24, 2.45) is 0 Å². The van der Waals surface area contributed by atoms with Gasteiger partial charge in [-0.2, -0.15) is 0 Å². The highest BCUT2D eigenvalue weighted by molar-refractivity contribution is 7.92. The summed E-state index contributed by atoms with van der Waals surface area (Å²) in [5.41, 5.74) is 1.94. The molecule has 2 aromatic carbocycles. The van der Waals surface area contributed by atoms with E-state index in [-0.39, 0.29) is 43.8 Å². The van der Waals surface area contributed by atoms with E-state index in [1.807, 2.05) is 13.8 Å². The molecule has 204 valence electrons. The van der Waals surface area contributed by atoms with E-state index >= 15 is 0 Å². The standard InChI is InChI=1S/C26H34Cl3N3O4S/c1-6-18(3)30-26(34)19(4)31(16-20-10-12-22(28)23(29)14-20)25(33)8-7-13-32(37(5,35)36)24-15-21(27)11-9-17(24)2/h9-12,14-15,18-19H,6-8,13,16H2,1-5H3,(H,30,34)/t18-,19+/m1/s1. The maximum absolute atomic E-state index is 13.4. The number of carbonyl (C=O) groups excluding carboxylic acids is 2. The van der Waals surface area contributed by atoms with Gasteiger partial charge in [0.05, 0.1) is 22.0 Å². The van der Waals surface area contributed by atoms with Gasteiger partial charge in [-0.1, -0.05) is 53.9 Å². The van der Waals surface area contributed by atoms with Crippen LogP contribution >= 0.6 is 34.8 Å². The van der Waals surface area contributed by atoms with E-state index in [9.17, 15) is 18.0 Å². The zero-order valence-corrected chi connectivity index (χ0v) is 24.8. The first-order valence-electron chi connectivity index (χ1n) is 12.0. The molecule has 0 spiro atoms. The zero-order chi connectivity index (χ0) is 27.9. The van der Waals surface area contributed by atoms with E-state index in [0.717, 1.165) is 23.8 Å². The molecule has 0 aliphatic heterocycles. The van der Waals surface area contributed by atoms with Gasteiger partial charge in [0.15, 0.2) is 0 Å². The SMILES string of the molecule is CC[C@@H](C)NC(=O)[C@H](C)N(Cc1ccc(Cl)c(Cl)c1)C(=O)CCCN(c1cc(Cl)ccc1C)S(C)(=O)=O. The molecule has 2 atom stereocenters. The molecule has 0 aromatic heterocycles. The highest BCUT2D eigenvalue weighted by Crippen LogP contribution is 2.27. The number of hydrogen-bond donors (Lipinski definition) is 1. The van der Waals surface area contributed by atoms with Gasteiger partial charge in [0.2, 0.25) is 21.8 Å². The van der Waals surface area contributed by atoms with Crippen molar-refractivity contribution in [1.29, 1.82) is 0 Å². The van der Waals surface area contributed by atoms with Crippen LogP contribution in [0.4, 0.5) is 5.69 Å². The Balaban J connectivity index is 2.24. The van der Waals surface area contributed by atoms with Gasteiger partial charge < -0.3 is 10.2 Å². The summed E-state index contributed by atoms with van der Waals surface area (Å²) in [5.74, 6) is -0.552. The fourth-order valence-electron chi connectivity index (χ4n) is 3.72. The third-order valence-electron chi connectivity index (χ3n) is 6.10. The lowest BCUT2D eigenvalue weighted by Crippen LogP contribution is -2.49. The summed E-state index contributed by atoms with van der Waals surface area (Å²) in [6.07, 6.45) is 2.15. The van der Waals surface area contributed by atoms with Crippen molar-refractivity contribution in [2.45, 2.75) is 65.6 Å². The van der Waals surface area contributed by atoms with Crippen molar-refractivity contribution in [3.63, 3.8) is 0 Å². The third-order valence-corrected chi connectivity index (χ3v) is 8.25. The van der Waals surface area contributed by atoms with Crippen LogP contribution in [-0.2, 0) is 26.2 Å². The number of nitrogens with one attached hydrogen (secondary N) is 1. The molecular weight excluding hydrogens is 557 g/mol. The molecule has 0 saturated heterocycles. The average Bonchev–Trinajstić information content (AvgIpc) is 2.82. The molecule has 0 saturated carbocycles. The minimum Gasteiger partial charge on any atom is -0.352 e. The van der Waals surface area contributed by atoms with E-state index in [4.69, 9.17) is 34.8 Å². The number of hydrogen-bond acceptors (Lipinski definition) is 4. The molecule has 2 rings (SSSR count). The van der Waals surface area contributed by atoms with Crippen LogP contribution in [0.1, 0.15) is 51.2 Å². The first kappa shape index (κ1) is 31.2. The van der Waals surface area contributed by atoms with Gasteiger partial charge in [0.25, 0.3) is 0 Å². The summed E-state index contributed by atoms with van der Waals surface area (Å²) in [7, 11) is -3.62. The number of sulfonamides is 1. The van der Waals surface area contributed by atoms with E-state index in [0.29, 0.717) is 20.8 Å². The summed E-state index contributed by atoms with van der Waals surface area (Å²) in [5, 5.41) is 4.08. The van der Waals surface area contributed by atoms with E-state index in [1.54, 1.807) is 50.2 Å². The normalized spacial score (nSPS) is 13.1. The maximum Gasteiger partial charge on any atom is 0.242 e. The lowest BCUT2D eigenvalue weighted by atomic mass is 10.1. The van der Waals surface area contributed by atoms with Crippen molar-refractivity contribution in [3.8, 4) is 0 Å². The summed E-state index contributed by atoms with van der Waals surface area (Å²) < 4.78 is 26.3. The number of rotatable bonds is 12. The molecular formula is C26H34Cl3N3O4S. The number of amides is 2. The molecule has 2 amide bonds. The van der Waals surface area contributed by atoms with Crippen molar-refractivity contribution in [3.05, 3.63) is 62.6 Å². The van der Waals surface area contributed by atoms with E-state index in [1.165, 1.54) is 9.21 Å². The first-order chi connectivity index (χ1) is 17.2. The predicted molar refractivity (Wildman–Crippen MR) is 152 cm³/mol. The minimum absolute atomic E-state index is 0.0356. The molecule has 37 heavy (non-hydrogen) atoms. The Morgan fingerprint density at radius 2 is 1.70 bits per heavy atom. The molecule has 11 heteroatoms. The van der Waals surface area contributed by atoms with Gasteiger partial charge in [0.1, 0.15) is 6.04 Å². The molecule has 0 aliphatic carbocycles. The predicted octanol–water partition coefficient (Wildman–Crippen LogP) is 5.83. The monoisotopic (exact) mass is 589 g/mol. The Labute approximate surface area is 235 Å². The molecule has 0 bridgehead atoms. The highest BCUT2D eigenvalue weighted by Gasteiger charge is 2.27. The molecule has 0 fully saturated rings. The zero-order valence-electron chi connectivity index (χ0n) is 21.7. The van der Waals surface area contributed by atoms with Gasteiger partial charge in [-0.05, 0) is 69.0 Å². The third kappa shape index (κ3) is 9.06. The Morgan fingerprint density at radius 1 is 1.03 bits per heavy atom. The minimum atomic E-state index is -3.62. The fourth-order valence-corrected chi connectivity index (χ4v) is 5.22. The van der Waals surface area contributed by atoms with Crippen LogP contribution in [0.15, 0.2) is 36.4 Å². The summed E-state index contributed by atoms with van der Waals surface area (Å²) >= 11 is 18.3. The van der Waals surface area contributed by atoms with Crippen molar-refractivity contribution in [1.82, 2.24) is 10.2 Å². The lowest BCUT2D eigenvalue weighted by Gasteiger charge is -2.30. The second kappa shape index (κ2) is 13.7. The lowest BCUT2D eigenvalue weighted by molar-refractivity contribution is -0.140. The quantitative estimate of drug-likeness (QED) is 0.337. The summed E-state index contributed by atoms with van der Waals surface area (Å²) in [4.78, 5) is 27.8. The van der Waals surface area contributed by atoms with Crippen LogP contribution < -0.4 is 9.62 Å². The van der Waals surface area contributed by atoms with Crippen LogP contribution in [0.3, 0.4) is 0 Å². The topological polar surface area (TPSA) is 86.8 Å². The molecule has 0 unspecified atom stereocenters. The number of anilines is 1. The number of halogens is 3. The highest BCUT2D eigenvalue weighted by atomic mass is 35.5. The Morgan fingerprint density at radius 3 is 2.30 bits per heavy atom. The number of nitrogens with zero attached hydrogens (tertiary/aromatic N) is 2. The van der Waals surface area contributed by atoms with E-state index in [2.05, 4.69) is 5.32 Å². The molecule has 0 heterocycles. The van der Waals surface area contributed by atoms with Gasteiger partial charge >= 0.3 is 0 Å². The van der Waals surface area contributed by atoms with Gasteiger partial charge in [0, 0.05) is 30.6 Å². The molecule has 0 radical (unpaired) electrons. The Hall–Kier alpha value is -2.00. The molecule has 2 aromatic rings. The summed E-state index contributed by atoms with van der Waals surface area (Å²) in [6, 6.07) is 9.30. The smallest absolute Gasteiger partial charge is 0.242 e. The van der Waals surface area contributed by atoms with E-state index < -0.39 is 16.1 Å². The van der Waals surface area contributed by atoms with Crippen LogP contribution in [0, 0.1) is 6.92 Å². The van der Waals surface area contributed by atoms with Crippen LogP contribution in [0.5, 0.6) is 0 Å². The Bertz CT molecular complexity index is 1220. The number of carbonyl (C=O) groups is 2. The largest absolute Gasteiger partial charge is 0.352 e. The van der Waals surface area contributed by atoms with Crippen molar-refractivity contribution < 1.29 is 18.0 Å². The maximum atomic E-state index is 13.4.